The number of amides is 1. The van der Waals surface area contributed by atoms with E-state index in [4.69, 9.17) is 25.8 Å². The number of ether oxygens (including phenoxy) is 3. The van der Waals surface area contributed by atoms with Crippen LogP contribution in [0, 0.1) is 0 Å². The summed E-state index contributed by atoms with van der Waals surface area (Å²) < 4.78 is 19.7. The molecule has 1 unspecified atom stereocenters. The van der Waals surface area contributed by atoms with Gasteiger partial charge >= 0.3 is 6.09 Å². The molecule has 0 spiro atoms. The quantitative estimate of drug-likeness (QED) is 0.480. The maximum absolute atomic E-state index is 13.4. The molecule has 4 rings (SSSR count). The number of alkyl carbamates (subject to hydrolysis) is 1. The maximum atomic E-state index is 13.4. The number of carbonyl (C=O) groups is 1. The number of aromatic nitrogens is 1. The number of pyridine rings is 1. The Morgan fingerprint density at radius 1 is 1.32 bits per heavy atom. The Balaban J connectivity index is 1.99. The molecule has 0 saturated carbocycles. The molecule has 1 aliphatic heterocycles. The van der Waals surface area contributed by atoms with Gasteiger partial charge in [-0.3, -0.25) is 4.79 Å². The molecule has 1 atom stereocenters. The lowest BCUT2D eigenvalue weighted by Crippen LogP contribution is -2.38. The van der Waals surface area contributed by atoms with E-state index in [2.05, 4.69) is 5.32 Å². The fraction of sp³-hybridized carbons (Fsp3) is 0.391. The molecule has 1 amide bonds. The average Bonchev–Trinajstić information content (AvgIpc) is 2.73. The van der Waals surface area contributed by atoms with Crippen molar-refractivity contribution in [2.75, 3.05) is 19.5 Å². The van der Waals surface area contributed by atoms with Crippen LogP contribution >= 0.6 is 11.6 Å². The van der Waals surface area contributed by atoms with Crippen molar-refractivity contribution in [3.8, 4) is 11.5 Å². The van der Waals surface area contributed by atoms with Crippen molar-refractivity contribution >= 4 is 39.5 Å². The van der Waals surface area contributed by atoms with Crippen LogP contribution in [-0.2, 0) is 11.8 Å². The van der Waals surface area contributed by atoms with Crippen LogP contribution in [0.1, 0.15) is 31.9 Å². The lowest BCUT2D eigenvalue weighted by atomic mass is 9.89. The van der Waals surface area contributed by atoms with Gasteiger partial charge in [0.05, 0.1) is 29.1 Å². The standard InChI is InChI=1S/C23H25ClN2O5/c1-23(2)12-17(30-22(28)25-10-9-24)19-16(31-23)11-15-18(21(19)29-4)20(27)13-7-5-6-8-14(13)26(15)3/h5-8,11,17H,9-10,12H2,1-4H3,(H,25,28). The highest BCUT2D eigenvalue weighted by molar-refractivity contribution is 6.18. The van der Waals surface area contributed by atoms with Gasteiger partial charge in [-0.2, -0.15) is 0 Å². The van der Waals surface area contributed by atoms with Crippen LogP contribution in [0.3, 0.4) is 0 Å². The first-order chi connectivity index (χ1) is 14.8. The summed E-state index contributed by atoms with van der Waals surface area (Å²) in [5.41, 5.74) is 1.33. The Hall–Kier alpha value is -2.93. The van der Waals surface area contributed by atoms with Gasteiger partial charge in [0.2, 0.25) is 5.43 Å². The molecule has 2 aromatic carbocycles. The number of aryl methyl sites for hydroxylation is 1. The van der Waals surface area contributed by atoms with Crippen molar-refractivity contribution in [3.05, 3.63) is 46.1 Å². The Kier molecular flexibility index (Phi) is 5.47. The molecule has 164 valence electrons. The molecule has 1 N–H and O–H groups in total. The Bertz CT molecular complexity index is 1230. The van der Waals surface area contributed by atoms with E-state index in [-0.39, 0.29) is 11.3 Å². The molecule has 1 aromatic heterocycles. The maximum Gasteiger partial charge on any atom is 0.407 e. The molecule has 31 heavy (non-hydrogen) atoms. The van der Waals surface area contributed by atoms with Gasteiger partial charge in [-0.05, 0) is 26.0 Å². The summed E-state index contributed by atoms with van der Waals surface area (Å²) in [5.74, 6) is 1.17. The van der Waals surface area contributed by atoms with Crippen LogP contribution in [0.5, 0.6) is 11.5 Å². The number of halogens is 1. The van der Waals surface area contributed by atoms with Crippen LogP contribution in [0.15, 0.2) is 35.1 Å². The first-order valence-electron chi connectivity index (χ1n) is 10.1. The zero-order chi connectivity index (χ0) is 22.3. The SMILES string of the molecule is COc1c2c(cc3c1c(=O)c1ccccc1n3C)OC(C)(C)CC2OC(=O)NCCCl. The van der Waals surface area contributed by atoms with Gasteiger partial charge in [0.25, 0.3) is 0 Å². The summed E-state index contributed by atoms with van der Waals surface area (Å²) in [6, 6.07) is 9.25. The predicted octanol–water partition coefficient (Wildman–Crippen LogP) is 4.27. The average molecular weight is 445 g/mol. The van der Waals surface area contributed by atoms with Crippen molar-refractivity contribution in [1.82, 2.24) is 9.88 Å². The lowest BCUT2D eigenvalue weighted by molar-refractivity contribution is -0.000555. The van der Waals surface area contributed by atoms with Crippen molar-refractivity contribution in [2.45, 2.75) is 32.0 Å². The van der Waals surface area contributed by atoms with Crippen molar-refractivity contribution in [3.63, 3.8) is 0 Å². The second-order valence-corrected chi connectivity index (χ2v) is 8.57. The second kappa shape index (κ2) is 7.96. The third-order valence-corrected chi connectivity index (χ3v) is 5.75. The van der Waals surface area contributed by atoms with E-state index in [9.17, 15) is 9.59 Å². The summed E-state index contributed by atoms with van der Waals surface area (Å²) in [6.07, 6.45) is -0.822. The number of benzene rings is 2. The zero-order valence-electron chi connectivity index (χ0n) is 18.0. The van der Waals surface area contributed by atoms with E-state index in [1.54, 1.807) is 6.07 Å². The normalized spacial score (nSPS) is 17.1. The number of alkyl halides is 1. The first-order valence-corrected chi connectivity index (χ1v) is 10.6. The minimum Gasteiger partial charge on any atom is -0.495 e. The minimum absolute atomic E-state index is 0.140. The third-order valence-electron chi connectivity index (χ3n) is 5.56. The molecular formula is C23H25ClN2O5. The number of hydrogen-bond donors (Lipinski definition) is 1. The molecule has 0 bridgehead atoms. The van der Waals surface area contributed by atoms with Crippen molar-refractivity contribution < 1.29 is 19.0 Å². The monoisotopic (exact) mass is 444 g/mol. The summed E-state index contributed by atoms with van der Waals surface area (Å²) in [5, 5.41) is 3.64. The summed E-state index contributed by atoms with van der Waals surface area (Å²) >= 11 is 5.66. The Labute approximate surface area is 184 Å². The molecule has 8 heteroatoms. The van der Waals surface area contributed by atoms with E-state index in [1.807, 2.05) is 49.7 Å². The lowest BCUT2D eigenvalue weighted by Gasteiger charge is -2.38. The zero-order valence-corrected chi connectivity index (χ0v) is 18.7. The first kappa shape index (κ1) is 21.3. The Morgan fingerprint density at radius 2 is 2.06 bits per heavy atom. The number of para-hydroxylation sites is 1. The highest BCUT2D eigenvalue weighted by atomic mass is 35.5. The van der Waals surface area contributed by atoms with Gasteiger partial charge in [0, 0.05) is 37.3 Å². The fourth-order valence-electron chi connectivity index (χ4n) is 4.25. The van der Waals surface area contributed by atoms with Crippen LogP contribution in [0.25, 0.3) is 21.8 Å². The third kappa shape index (κ3) is 3.67. The number of rotatable bonds is 4. The van der Waals surface area contributed by atoms with E-state index < -0.39 is 17.8 Å². The van der Waals surface area contributed by atoms with Gasteiger partial charge in [-0.25, -0.2) is 4.79 Å². The number of fused-ring (bicyclic) bond motifs is 3. The fourth-order valence-corrected chi connectivity index (χ4v) is 4.35. The van der Waals surface area contributed by atoms with Crippen LogP contribution < -0.4 is 20.2 Å². The molecule has 3 aromatic rings. The highest BCUT2D eigenvalue weighted by Crippen LogP contribution is 2.48. The van der Waals surface area contributed by atoms with Gasteiger partial charge < -0.3 is 24.1 Å². The summed E-state index contributed by atoms with van der Waals surface area (Å²) in [6.45, 7) is 4.15. The van der Waals surface area contributed by atoms with Gasteiger partial charge in [0.1, 0.15) is 23.2 Å². The molecule has 0 fully saturated rings. The molecule has 0 radical (unpaired) electrons. The number of nitrogens with zero attached hydrogens (tertiary/aromatic N) is 1. The van der Waals surface area contributed by atoms with Crippen molar-refractivity contribution in [2.24, 2.45) is 7.05 Å². The second-order valence-electron chi connectivity index (χ2n) is 8.20. The smallest absolute Gasteiger partial charge is 0.407 e. The predicted molar refractivity (Wildman–Crippen MR) is 121 cm³/mol. The van der Waals surface area contributed by atoms with E-state index in [0.717, 1.165) is 5.52 Å². The van der Waals surface area contributed by atoms with Gasteiger partial charge in [-0.1, -0.05) is 12.1 Å². The summed E-state index contributed by atoms with van der Waals surface area (Å²) in [4.78, 5) is 25.7. The Morgan fingerprint density at radius 3 is 2.77 bits per heavy atom. The van der Waals surface area contributed by atoms with E-state index in [0.29, 0.717) is 46.3 Å². The van der Waals surface area contributed by atoms with Gasteiger partial charge in [0.15, 0.2) is 0 Å². The number of methoxy groups -OCH3 is 1. The molecule has 0 saturated heterocycles. The molecule has 2 heterocycles. The highest BCUT2D eigenvalue weighted by Gasteiger charge is 2.39. The van der Waals surface area contributed by atoms with Crippen LogP contribution in [0.2, 0.25) is 0 Å². The van der Waals surface area contributed by atoms with E-state index >= 15 is 0 Å². The number of nitrogens with one attached hydrogen (secondary N) is 1. The van der Waals surface area contributed by atoms with Gasteiger partial charge in [-0.15, -0.1) is 11.6 Å². The molecule has 7 nitrogen and oxygen atoms in total. The van der Waals surface area contributed by atoms with E-state index in [1.165, 1.54) is 7.11 Å². The largest absolute Gasteiger partial charge is 0.495 e. The molecule has 1 aliphatic rings. The summed E-state index contributed by atoms with van der Waals surface area (Å²) in [7, 11) is 3.41. The van der Waals surface area contributed by atoms with Crippen LogP contribution in [-0.4, -0.2) is 35.8 Å². The van der Waals surface area contributed by atoms with Crippen LogP contribution in [0.4, 0.5) is 4.79 Å². The number of hydrogen-bond acceptors (Lipinski definition) is 5. The molecular weight excluding hydrogens is 420 g/mol. The topological polar surface area (TPSA) is 78.8 Å². The minimum atomic E-state index is -0.649. The molecule has 0 aliphatic carbocycles. The van der Waals surface area contributed by atoms with Crippen molar-refractivity contribution in [1.29, 1.82) is 0 Å². The number of carbonyl (C=O) groups excluding carboxylic acids is 1.